The van der Waals surface area contributed by atoms with Gasteiger partial charge in [-0.25, -0.2) is 0 Å². The highest BCUT2D eigenvalue weighted by Crippen LogP contribution is 2.30. The Morgan fingerprint density at radius 3 is 2.86 bits per heavy atom. The van der Waals surface area contributed by atoms with E-state index in [2.05, 4.69) is 13.0 Å². The molecule has 0 aliphatic carbocycles. The number of halogens is 1. The monoisotopic (exact) mass is 208 g/mol. The third-order valence-electron chi connectivity index (χ3n) is 2.43. The first-order chi connectivity index (χ1) is 6.72. The average Bonchev–Trinajstić information content (AvgIpc) is 2.62. The first kappa shape index (κ1) is 9.60. The second-order valence-corrected chi connectivity index (χ2v) is 4.04. The number of furan rings is 1. The molecule has 0 amide bonds. The Morgan fingerprint density at radius 1 is 1.43 bits per heavy atom. The van der Waals surface area contributed by atoms with Gasteiger partial charge >= 0.3 is 0 Å². The number of rotatable bonds is 2. The number of benzene rings is 1. The van der Waals surface area contributed by atoms with Crippen molar-refractivity contribution in [1.29, 1.82) is 0 Å². The van der Waals surface area contributed by atoms with Crippen LogP contribution in [0.15, 0.2) is 28.7 Å². The summed E-state index contributed by atoms with van der Waals surface area (Å²) in [5, 5.41) is 1.13. The van der Waals surface area contributed by atoms with E-state index in [0.29, 0.717) is 0 Å². The Morgan fingerprint density at radius 2 is 2.21 bits per heavy atom. The minimum Gasteiger partial charge on any atom is -0.459 e. The van der Waals surface area contributed by atoms with E-state index in [1.54, 1.807) is 0 Å². The van der Waals surface area contributed by atoms with Crippen LogP contribution in [0.1, 0.15) is 30.0 Å². The van der Waals surface area contributed by atoms with Crippen LogP contribution < -0.4 is 0 Å². The van der Waals surface area contributed by atoms with Gasteiger partial charge in [0.1, 0.15) is 11.3 Å². The summed E-state index contributed by atoms with van der Waals surface area (Å²) in [4.78, 5) is 0. The van der Waals surface area contributed by atoms with Crippen LogP contribution >= 0.6 is 11.6 Å². The molecule has 1 aromatic carbocycles. The first-order valence-corrected chi connectivity index (χ1v) is 5.29. The van der Waals surface area contributed by atoms with Crippen LogP contribution in [0.25, 0.3) is 11.0 Å². The van der Waals surface area contributed by atoms with Gasteiger partial charge in [-0.2, -0.15) is 0 Å². The maximum Gasteiger partial charge on any atom is 0.137 e. The fourth-order valence-corrected chi connectivity index (χ4v) is 1.69. The van der Waals surface area contributed by atoms with Crippen LogP contribution in [-0.2, 0) is 0 Å². The van der Waals surface area contributed by atoms with E-state index >= 15 is 0 Å². The van der Waals surface area contributed by atoms with Crippen LogP contribution in [0.2, 0.25) is 0 Å². The summed E-state index contributed by atoms with van der Waals surface area (Å²) in [6.45, 7) is 4.10. The zero-order chi connectivity index (χ0) is 10.1. The fraction of sp³-hybridized carbons (Fsp3) is 0.333. The van der Waals surface area contributed by atoms with E-state index in [1.165, 1.54) is 0 Å². The molecule has 1 unspecified atom stereocenters. The molecule has 1 nitrogen and oxygen atoms in total. The summed E-state index contributed by atoms with van der Waals surface area (Å²) in [5.74, 6) is 0.874. The zero-order valence-electron chi connectivity index (χ0n) is 8.38. The zero-order valence-corrected chi connectivity index (χ0v) is 9.14. The van der Waals surface area contributed by atoms with E-state index in [9.17, 15) is 0 Å². The van der Waals surface area contributed by atoms with Gasteiger partial charge in [0, 0.05) is 5.39 Å². The predicted molar refractivity (Wildman–Crippen MR) is 59.8 cm³/mol. The molecule has 0 saturated heterocycles. The SMILES string of the molecule is CCC(Cl)c1cc2cccc(C)c2o1. The molecule has 0 aliphatic rings. The van der Waals surface area contributed by atoms with Gasteiger partial charge in [-0.3, -0.25) is 0 Å². The Balaban J connectivity index is 2.56. The van der Waals surface area contributed by atoms with Crippen LogP contribution in [0.5, 0.6) is 0 Å². The molecule has 2 rings (SSSR count). The van der Waals surface area contributed by atoms with Crippen molar-refractivity contribution in [3.8, 4) is 0 Å². The summed E-state index contributed by atoms with van der Waals surface area (Å²) < 4.78 is 5.72. The molecule has 0 aliphatic heterocycles. The highest BCUT2D eigenvalue weighted by molar-refractivity contribution is 6.20. The summed E-state index contributed by atoms with van der Waals surface area (Å²) in [6, 6.07) is 8.16. The van der Waals surface area contributed by atoms with Crippen molar-refractivity contribution >= 4 is 22.6 Å². The van der Waals surface area contributed by atoms with Crippen molar-refractivity contribution in [3.05, 3.63) is 35.6 Å². The van der Waals surface area contributed by atoms with Gasteiger partial charge < -0.3 is 4.42 Å². The number of hydrogen-bond acceptors (Lipinski definition) is 1. The van der Waals surface area contributed by atoms with Gasteiger partial charge in [-0.1, -0.05) is 25.1 Å². The fourth-order valence-electron chi connectivity index (χ4n) is 1.58. The summed E-state index contributed by atoms with van der Waals surface area (Å²) in [7, 11) is 0. The molecule has 0 saturated carbocycles. The summed E-state index contributed by atoms with van der Waals surface area (Å²) >= 11 is 6.12. The molecular formula is C12H13ClO. The molecule has 2 aromatic rings. The molecule has 0 fully saturated rings. The Bertz CT molecular complexity index is 445. The van der Waals surface area contributed by atoms with Gasteiger partial charge in [0.05, 0.1) is 5.38 Å². The maximum absolute atomic E-state index is 6.12. The molecule has 74 valence electrons. The summed E-state index contributed by atoms with van der Waals surface area (Å²) in [5.41, 5.74) is 2.12. The van der Waals surface area contributed by atoms with Crippen molar-refractivity contribution < 1.29 is 4.42 Å². The first-order valence-electron chi connectivity index (χ1n) is 4.85. The maximum atomic E-state index is 6.12. The second kappa shape index (κ2) is 3.66. The molecule has 0 spiro atoms. The normalized spacial score (nSPS) is 13.4. The highest BCUT2D eigenvalue weighted by Gasteiger charge is 2.12. The topological polar surface area (TPSA) is 13.1 Å². The number of fused-ring (bicyclic) bond motifs is 1. The number of hydrogen-bond donors (Lipinski definition) is 0. The number of para-hydroxylation sites is 1. The molecule has 1 heterocycles. The minimum absolute atomic E-state index is 0.0122. The standard InChI is InChI=1S/C12H13ClO/c1-3-10(13)11-7-9-6-4-5-8(2)12(9)14-11/h4-7,10H,3H2,1-2H3. The average molecular weight is 209 g/mol. The molecule has 1 aromatic heterocycles. The highest BCUT2D eigenvalue weighted by atomic mass is 35.5. The minimum atomic E-state index is -0.0122. The smallest absolute Gasteiger partial charge is 0.137 e. The van der Waals surface area contributed by atoms with Gasteiger partial charge in [0.25, 0.3) is 0 Å². The van der Waals surface area contributed by atoms with E-state index in [0.717, 1.165) is 28.7 Å². The number of aryl methyl sites for hydroxylation is 1. The molecule has 0 radical (unpaired) electrons. The van der Waals surface area contributed by atoms with Crippen molar-refractivity contribution in [3.63, 3.8) is 0 Å². The van der Waals surface area contributed by atoms with Crippen molar-refractivity contribution in [2.75, 3.05) is 0 Å². The second-order valence-electron chi connectivity index (χ2n) is 3.52. The molecular weight excluding hydrogens is 196 g/mol. The molecule has 1 atom stereocenters. The van der Waals surface area contributed by atoms with Gasteiger partial charge in [0.15, 0.2) is 0 Å². The summed E-state index contributed by atoms with van der Waals surface area (Å²) in [6.07, 6.45) is 0.889. The third kappa shape index (κ3) is 1.53. The van der Waals surface area contributed by atoms with Crippen molar-refractivity contribution in [2.24, 2.45) is 0 Å². The Labute approximate surface area is 88.7 Å². The number of alkyl halides is 1. The van der Waals surface area contributed by atoms with Crippen LogP contribution in [-0.4, -0.2) is 0 Å². The third-order valence-corrected chi connectivity index (χ3v) is 2.95. The Kier molecular flexibility index (Phi) is 2.51. The van der Waals surface area contributed by atoms with Gasteiger partial charge in [0.2, 0.25) is 0 Å². The lowest BCUT2D eigenvalue weighted by Gasteiger charge is -1.99. The van der Waals surface area contributed by atoms with E-state index in [1.807, 2.05) is 25.1 Å². The van der Waals surface area contributed by atoms with Crippen molar-refractivity contribution in [2.45, 2.75) is 25.6 Å². The Hall–Kier alpha value is -0.950. The van der Waals surface area contributed by atoms with E-state index in [4.69, 9.17) is 16.0 Å². The van der Waals surface area contributed by atoms with Crippen LogP contribution in [0.4, 0.5) is 0 Å². The predicted octanol–water partition coefficient (Wildman–Crippen LogP) is 4.43. The van der Waals surface area contributed by atoms with Crippen molar-refractivity contribution in [1.82, 2.24) is 0 Å². The molecule has 2 heteroatoms. The molecule has 0 bridgehead atoms. The largest absolute Gasteiger partial charge is 0.459 e. The lowest BCUT2D eigenvalue weighted by atomic mass is 10.1. The van der Waals surface area contributed by atoms with E-state index in [-0.39, 0.29) is 5.38 Å². The van der Waals surface area contributed by atoms with Gasteiger partial charge in [-0.05, 0) is 25.0 Å². The molecule has 14 heavy (non-hydrogen) atoms. The van der Waals surface area contributed by atoms with Crippen LogP contribution in [0, 0.1) is 6.92 Å². The lowest BCUT2D eigenvalue weighted by molar-refractivity contribution is 0.535. The quantitative estimate of drug-likeness (QED) is 0.666. The van der Waals surface area contributed by atoms with E-state index < -0.39 is 0 Å². The molecule has 0 N–H and O–H groups in total. The van der Waals surface area contributed by atoms with Gasteiger partial charge in [-0.15, -0.1) is 11.6 Å². The lowest BCUT2D eigenvalue weighted by Crippen LogP contribution is -1.82. The van der Waals surface area contributed by atoms with Crippen LogP contribution in [0.3, 0.4) is 0 Å².